The maximum absolute atomic E-state index is 11.5. The molecule has 16 heavy (non-hydrogen) atoms. The summed E-state index contributed by atoms with van der Waals surface area (Å²) < 4.78 is 0. The highest BCUT2D eigenvalue weighted by molar-refractivity contribution is 6.41. The first-order chi connectivity index (χ1) is 7.57. The molecule has 0 amide bonds. The zero-order valence-corrected chi connectivity index (χ0v) is 9.41. The Hall–Kier alpha value is -1.45. The summed E-state index contributed by atoms with van der Waals surface area (Å²) in [5.74, 6) is -2.42. The Labute approximate surface area is 94.3 Å². The average Bonchev–Trinajstić information content (AvgIpc) is 2.60. The third-order valence-corrected chi connectivity index (χ3v) is 2.80. The van der Waals surface area contributed by atoms with Crippen LogP contribution < -0.4 is 0 Å². The quantitative estimate of drug-likeness (QED) is 0.552. The molecule has 0 aromatic heterocycles. The van der Waals surface area contributed by atoms with Gasteiger partial charge >= 0.3 is 5.97 Å². The SMILES string of the molecule is CCCCCC1=C(C(=O)C(=O)O)CCC1=O. The van der Waals surface area contributed by atoms with E-state index < -0.39 is 11.8 Å². The van der Waals surface area contributed by atoms with Crippen LogP contribution in [0.15, 0.2) is 11.1 Å². The van der Waals surface area contributed by atoms with Crippen LogP contribution >= 0.6 is 0 Å². The van der Waals surface area contributed by atoms with Crippen LogP contribution in [0.1, 0.15) is 45.4 Å². The Bertz CT molecular complexity index is 352. The summed E-state index contributed by atoms with van der Waals surface area (Å²) >= 11 is 0. The molecular formula is C12H16O4. The number of unbranched alkanes of at least 4 members (excludes halogenated alkanes) is 2. The zero-order chi connectivity index (χ0) is 12.1. The molecule has 0 aromatic carbocycles. The van der Waals surface area contributed by atoms with Gasteiger partial charge in [-0.25, -0.2) is 4.79 Å². The van der Waals surface area contributed by atoms with Gasteiger partial charge in [-0.3, -0.25) is 9.59 Å². The van der Waals surface area contributed by atoms with Crippen molar-refractivity contribution in [1.82, 2.24) is 0 Å². The van der Waals surface area contributed by atoms with Gasteiger partial charge in [0, 0.05) is 17.6 Å². The van der Waals surface area contributed by atoms with Crippen molar-refractivity contribution < 1.29 is 19.5 Å². The molecule has 1 aliphatic rings. The predicted octanol–water partition coefficient (Wildman–Crippen LogP) is 1.88. The second-order valence-electron chi connectivity index (χ2n) is 3.97. The minimum absolute atomic E-state index is 0.0549. The van der Waals surface area contributed by atoms with Gasteiger partial charge in [0.1, 0.15) is 0 Å². The van der Waals surface area contributed by atoms with Crippen molar-refractivity contribution in [3.05, 3.63) is 11.1 Å². The maximum atomic E-state index is 11.5. The van der Waals surface area contributed by atoms with E-state index in [0.717, 1.165) is 19.3 Å². The van der Waals surface area contributed by atoms with Crippen molar-refractivity contribution in [3.63, 3.8) is 0 Å². The Morgan fingerprint density at radius 2 is 1.94 bits per heavy atom. The van der Waals surface area contributed by atoms with Gasteiger partial charge in [-0.05, 0) is 19.3 Å². The summed E-state index contributed by atoms with van der Waals surface area (Å²) in [6.07, 6.45) is 3.99. The number of carboxylic acid groups (broad SMARTS) is 1. The highest BCUT2D eigenvalue weighted by Crippen LogP contribution is 2.27. The van der Waals surface area contributed by atoms with Gasteiger partial charge in [0.15, 0.2) is 5.78 Å². The number of allylic oxidation sites excluding steroid dienone is 1. The fourth-order valence-corrected chi connectivity index (χ4v) is 1.93. The second kappa shape index (κ2) is 5.58. The molecule has 0 aliphatic heterocycles. The maximum Gasteiger partial charge on any atom is 0.376 e. The highest BCUT2D eigenvalue weighted by atomic mass is 16.4. The minimum Gasteiger partial charge on any atom is -0.475 e. The van der Waals surface area contributed by atoms with Crippen molar-refractivity contribution in [2.24, 2.45) is 0 Å². The third-order valence-electron chi connectivity index (χ3n) is 2.80. The molecule has 0 atom stereocenters. The number of carboxylic acids is 1. The van der Waals surface area contributed by atoms with E-state index >= 15 is 0 Å². The molecule has 1 rings (SSSR count). The molecule has 0 saturated carbocycles. The van der Waals surface area contributed by atoms with Crippen molar-refractivity contribution >= 4 is 17.5 Å². The lowest BCUT2D eigenvalue weighted by Crippen LogP contribution is -2.15. The van der Waals surface area contributed by atoms with Crippen LogP contribution in [0, 0.1) is 0 Å². The number of ketones is 2. The van der Waals surface area contributed by atoms with Crippen LogP contribution in [0.5, 0.6) is 0 Å². The average molecular weight is 224 g/mol. The fraction of sp³-hybridized carbons (Fsp3) is 0.583. The Kier molecular flexibility index (Phi) is 4.40. The molecular weight excluding hydrogens is 208 g/mol. The van der Waals surface area contributed by atoms with Crippen LogP contribution in [0.3, 0.4) is 0 Å². The van der Waals surface area contributed by atoms with Crippen LogP contribution in [-0.4, -0.2) is 22.6 Å². The first-order valence-electron chi connectivity index (χ1n) is 5.60. The number of carbonyl (C=O) groups is 3. The van der Waals surface area contributed by atoms with Crippen molar-refractivity contribution in [2.45, 2.75) is 45.4 Å². The first kappa shape index (κ1) is 12.6. The summed E-state index contributed by atoms with van der Waals surface area (Å²) in [7, 11) is 0. The van der Waals surface area contributed by atoms with Crippen LogP contribution in [0.2, 0.25) is 0 Å². The third kappa shape index (κ3) is 2.78. The minimum atomic E-state index is -1.46. The van der Waals surface area contributed by atoms with Gasteiger partial charge in [-0.1, -0.05) is 19.8 Å². The lowest BCUT2D eigenvalue weighted by Gasteiger charge is -2.02. The molecule has 88 valence electrons. The molecule has 0 saturated heterocycles. The molecule has 0 bridgehead atoms. The number of hydrogen-bond acceptors (Lipinski definition) is 3. The molecule has 0 heterocycles. The molecule has 0 spiro atoms. The number of carbonyl (C=O) groups excluding carboxylic acids is 2. The molecule has 0 unspecified atom stereocenters. The van der Waals surface area contributed by atoms with E-state index in [1.807, 2.05) is 6.92 Å². The van der Waals surface area contributed by atoms with E-state index in [2.05, 4.69) is 0 Å². The van der Waals surface area contributed by atoms with Gasteiger partial charge in [0.05, 0.1) is 0 Å². The smallest absolute Gasteiger partial charge is 0.376 e. The van der Waals surface area contributed by atoms with Crippen molar-refractivity contribution in [1.29, 1.82) is 0 Å². The Balaban J connectivity index is 2.79. The normalized spacial score (nSPS) is 15.7. The number of rotatable bonds is 6. The van der Waals surface area contributed by atoms with Gasteiger partial charge in [0.25, 0.3) is 5.78 Å². The Morgan fingerprint density at radius 1 is 1.25 bits per heavy atom. The van der Waals surface area contributed by atoms with Crippen LogP contribution in [-0.2, 0) is 14.4 Å². The first-order valence-corrected chi connectivity index (χ1v) is 5.60. The molecule has 0 fully saturated rings. The molecule has 4 nitrogen and oxygen atoms in total. The summed E-state index contributed by atoms with van der Waals surface area (Å²) in [6.45, 7) is 2.05. The lowest BCUT2D eigenvalue weighted by atomic mass is 10.0. The summed E-state index contributed by atoms with van der Waals surface area (Å²) in [5.41, 5.74) is 0.689. The monoisotopic (exact) mass is 224 g/mol. The van der Waals surface area contributed by atoms with E-state index in [-0.39, 0.29) is 17.8 Å². The van der Waals surface area contributed by atoms with E-state index in [9.17, 15) is 14.4 Å². The molecule has 4 heteroatoms. The number of hydrogen-bond donors (Lipinski definition) is 1. The van der Waals surface area contributed by atoms with Gasteiger partial charge < -0.3 is 5.11 Å². The molecule has 1 N–H and O–H groups in total. The van der Waals surface area contributed by atoms with Crippen LogP contribution in [0.4, 0.5) is 0 Å². The standard InChI is InChI=1S/C12H16O4/c1-2-3-4-5-8-9(6-7-10(8)13)11(14)12(15)16/h2-7H2,1H3,(H,15,16). The summed E-state index contributed by atoms with van der Waals surface area (Å²) in [5, 5.41) is 8.62. The fourth-order valence-electron chi connectivity index (χ4n) is 1.93. The van der Waals surface area contributed by atoms with Crippen LogP contribution in [0.25, 0.3) is 0 Å². The van der Waals surface area contributed by atoms with E-state index in [4.69, 9.17) is 5.11 Å². The molecule has 0 radical (unpaired) electrons. The Morgan fingerprint density at radius 3 is 2.50 bits per heavy atom. The number of Topliss-reactive ketones (excluding diaryl/α,β-unsaturated/α-hetero) is 2. The van der Waals surface area contributed by atoms with Gasteiger partial charge in [-0.15, -0.1) is 0 Å². The molecule has 1 aliphatic carbocycles. The van der Waals surface area contributed by atoms with Crippen molar-refractivity contribution in [2.75, 3.05) is 0 Å². The topological polar surface area (TPSA) is 71.4 Å². The highest BCUT2D eigenvalue weighted by Gasteiger charge is 2.29. The summed E-state index contributed by atoms with van der Waals surface area (Å²) in [6, 6.07) is 0. The number of aliphatic carboxylic acids is 1. The van der Waals surface area contributed by atoms with Crippen molar-refractivity contribution in [3.8, 4) is 0 Å². The predicted molar refractivity (Wildman–Crippen MR) is 58.1 cm³/mol. The zero-order valence-electron chi connectivity index (χ0n) is 9.41. The van der Waals surface area contributed by atoms with E-state index in [1.54, 1.807) is 0 Å². The summed E-state index contributed by atoms with van der Waals surface area (Å²) in [4.78, 5) is 33.4. The van der Waals surface area contributed by atoms with Gasteiger partial charge in [0.2, 0.25) is 0 Å². The van der Waals surface area contributed by atoms with Gasteiger partial charge in [-0.2, -0.15) is 0 Å². The largest absolute Gasteiger partial charge is 0.475 e. The second-order valence-corrected chi connectivity index (χ2v) is 3.97. The van der Waals surface area contributed by atoms with E-state index in [0.29, 0.717) is 18.4 Å². The lowest BCUT2D eigenvalue weighted by molar-refractivity contribution is -0.147. The molecule has 0 aromatic rings. The van der Waals surface area contributed by atoms with E-state index in [1.165, 1.54) is 0 Å².